The molecule has 0 aliphatic carbocycles. The molecule has 4 heteroatoms. The van der Waals surface area contributed by atoms with Crippen LogP contribution in [0.15, 0.2) is 28.7 Å². The second-order valence-electron chi connectivity index (χ2n) is 3.86. The molecule has 0 bridgehead atoms. The number of hydrogen-bond donors (Lipinski definition) is 1. The molecule has 2 rings (SSSR count). The molecule has 0 spiro atoms. The summed E-state index contributed by atoms with van der Waals surface area (Å²) in [7, 11) is 0. The van der Waals surface area contributed by atoms with E-state index in [1.165, 1.54) is 0 Å². The van der Waals surface area contributed by atoms with Crippen LogP contribution in [0.25, 0.3) is 0 Å². The van der Waals surface area contributed by atoms with Gasteiger partial charge in [-0.3, -0.25) is 4.79 Å². The monoisotopic (exact) mass is 249 g/mol. The first-order valence-corrected chi connectivity index (χ1v) is 5.54. The Labute approximate surface area is 104 Å². The zero-order valence-corrected chi connectivity index (χ0v) is 10.3. The maximum atomic E-state index is 12.3. The van der Waals surface area contributed by atoms with Gasteiger partial charge in [0, 0.05) is 5.69 Å². The Morgan fingerprint density at radius 3 is 2.59 bits per heavy atom. The molecule has 1 aromatic carbocycles. The van der Waals surface area contributed by atoms with Crippen LogP contribution in [0.5, 0.6) is 0 Å². The number of ketones is 1. The van der Waals surface area contributed by atoms with Gasteiger partial charge in [-0.15, -0.1) is 0 Å². The molecule has 0 atom stereocenters. The highest BCUT2D eigenvalue weighted by Gasteiger charge is 2.20. The van der Waals surface area contributed by atoms with Gasteiger partial charge in [0.25, 0.3) is 0 Å². The number of benzene rings is 1. The van der Waals surface area contributed by atoms with Gasteiger partial charge in [-0.25, -0.2) is 0 Å². The number of rotatable bonds is 2. The van der Waals surface area contributed by atoms with Crippen molar-refractivity contribution in [2.45, 2.75) is 13.8 Å². The first-order chi connectivity index (χ1) is 8.00. The van der Waals surface area contributed by atoms with Gasteiger partial charge in [-0.2, -0.15) is 0 Å². The summed E-state index contributed by atoms with van der Waals surface area (Å²) in [6.07, 6.45) is 0. The van der Waals surface area contributed by atoms with E-state index in [1.807, 2.05) is 0 Å². The summed E-state index contributed by atoms with van der Waals surface area (Å²) in [6.45, 7) is 3.53. The lowest BCUT2D eigenvalue weighted by atomic mass is 10.0. The fraction of sp³-hybridized carbons (Fsp3) is 0.154. The van der Waals surface area contributed by atoms with E-state index in [1.54, 1.807) is 38.1 Å². The number of aryl methyl sites for hydroxylation is 2. The smallest absolute Gasteiger partial charge is 0.200 e. The number of anilines is 1. The number of halogens is 1. The molecule has 0 saturated carbocycles. The molecule has 2 aromatic rings. The average molecular weight is 250 g/mol. The summed E-state index contributed by atoms with van der Waals surface area (Å²) in [5.41, 5.74) is 6.99. The summed E-state index contributed by atoms with van der Waals surface area (Å²) in [5, 5.41) is 0.355. The van der Waals surface area contributed by atoms with E-state index in [9.17, 15) is 4.79 Å². The Balaban J connectivity index is 2.55. The minimum absolute atomic E-state index is 0.206. The number of carbonyl (C=O) groups is 1. The molecule has 0 radical (unpaired) electrons. The van der Waals surface area contributed by atoms with E-state index in [-0.39, 0.29) is 5.78 Å². The minimum atomic E-state index is -0.206. The zero-order chi connectivity index (χ0) is 12.6. The molecular formula is C13H12ClNO2. The van der Waals surface area contributed by atoms with Crippen molar-refractivity contribution in [2.75, 3.05) is 5.73 Å². The van der Waals surface area contributed by atoms with Crippen molar-refractivity contribution in [1.82, 2.24) is 0 Å². The van der Waals surface area contributed by atoms with Gasteiger partial charge in [0.1, 0.15) is 11.5 Å². The van der Waals surface area contributed by atoms with Crippen LogP contribution in [-0.4, -0.2) is 5.78 Å². The quantitative estimate of drug-likeness (QED) is 0.656. The molecule has 0 fully saturated rings. The molecule has 0 saturated heterocycles. The minimum Gasteiger partial charge on any atom is -0.466 e. The van der Waals surface area contributed by atoms with Crippen molar-refractivity contribution in [1.29, 1.82) is 0 Å². The van der Waals surface area contributed by atoms with Crippen LogP contribution < -0.4 is 5.73 Å². The lowest BCUT2D eigenvalue weighted by molar-refractivity contribution is 0.103. The van der Waals surface area contributed by atoms with Crippen LogP contribution in [0, 0.1) is 13.8 Å². The van der Waals surface area contributed by atoms with Gasteiger partial charge in [-0.05, 0) is 32.0 Å². The Kier molecular flexibility index (Phi) is 2.94. The van der Waals surface area contributed by atoms with Gasteiger partial charge in [0.05, 0.1) is 16.1 Å². The Morgan fingerprint density at radius 2 is 2.06 bits per heavy atom. The second-order valence-corrected chi connectivity index (χ2v) is 4.27. The fourth-order valence-corrected chi connectivity index (χ4v) is 2.04. The summed E-state index contributed by atoms with van der Waals surface area (Å²) >= 11 is 6.00. The Morgan fingerprint density at radius 1 is 1.35 bits per heavy atom. The Hall–Kier alpha value is -1.74. The molecule has 3 nitrogen and oxygen atoms in total. The van der Waals surface area contributed by atoms with Crippen LogP contribution in [0.1, 0.15) is 27.4 Å². The zero-order valence-electron chi connectivity index (χ0n) is 9.58. The second kappa shape index (κ2) is 4.26. The van der Waals surface area contributed by atoms with Gasteiger partial charge < -0.3 is 10.2 Å². The summed E-state index contributed by atoms with van der Waals surface area (Å²) in [4.78, 5) is 12.3. The third-order valence-corrected chi connectivity index (χ3v) is 2.87. The van der Waals surface area contributed by atoms with Crippen LogP contribution in [-0.2, 0) is 0 Å². The third kappa shape index (κ3) is 2.06. The third-order valence-electron chi connectivity index (χ3n) is 2.56. The van der Waals surface area contributed by atoms with E-state index in [2.05, 4.69) is 0 Å². The fourth-order valence-electron chi connectivity index (χ4n) is 1.77. The molecule has 0 unspecified atom stereocenters. The van der Waals surface area contributed by atoms with E-state index in [4.69, 9.17) is 21.8 Å². The largest absolute Gasteiger partial charge is 0.466 e. The van der Waals surface area contributed by atoms with Crippen molar-refractivity contribution in [2.24, 2.45) is 0 Å². The van der Waals surface area contributed by atoms with Crippen molar-refractivity contribution < 1.29 is 9.21 Å². The molecule has 0 aliphatic rings. The molecule has 0 aliphatic heterocycles. The molecule has 1 aromatic heterocycles. The Bertz CT molecular complexity index is 567. The van der Waals surface area contributed by atoms with Crippen LogP contribution in [0.3, 0.4) is 0 Å². The van der Waals surface area contributed by atoms with Gasteiger partial charge in [-0.1, -0.05) is 17.7 Å². The molecule has 1 heterocycles. The number of furan rings is 1. The standard InChI is InChI=1S/C13H12ClNO2/c1-7-6-9(8(2)17-7)13(16)12-10(14)4-3-5-11(12)15/h3-6H,15H2,1-2H3. The number of nitrogen functional groups attached to an aromatic ring is 1. The van der Waals surface area contributed by atoms with Gasteiger partial charge in [0.2, 0.25) is 0 Å². The van der Waals surface area contributed by atoms with Gasteiger partial charge >= 0.3 is 0 Å². The summed E-state index contributed by atoms with van der Waals surface area (Å²) in [5.74, 6) is 1.06. The number of carbonyl (C=O) groups excluding carboxylic acids is 1. The highest BCUT2D eigenvalue weighted by Crippen LogP contribution is 2.27. The van der Waals surface area contributed by atoms with Crippen LogP contribution in [0.2, 0.25) is 5.02 Å². The molecule has 2 N–H and O–H groups in total. The predicted molar refractivity (Wildman–Crippen MR) is 67.5 cm³/mol. The first-order valence-electron chi connectivity index (χ1n) is 5.16. The SMILES string of the molecule is Cc1cc(C(=O)c2c(N)cccc2Cl)c(C)o1. The number of hydrogen-bond acceptors (Lipinski definition) is 3. The van der Waals surface area contributed by atoms with E-state index in [0.717, 1.165) is 0 Å². The van der Waals surface area contributed by atoms with Crippen molar-refractivity contribution in [3.8, 4) is 0 Å². The maximum Gasteiger partial charge on any atom is 0.200 e. The van der Waals surface area contributed by atoms with E-state index >= 15 is 0 Å². The molecular weight excluding hydrogens is 238 g/mol. The lowest BCUT2D eigenvalue weighted by Gasteiger charge is -2.05. The summed E-state index contributed by atoms with van der Waals surface area (Å²) < 4.78 is 5.33. The van der Waals surface area contributed by atoms with Crippen molar-refractivity contribution >= 4 is 23.1 Å². The van der Waals surface area contributed by atoms with Crippen LogP contribution in [0.4, 0.5) is 5.69 Å². The predicted octanol–water partition coefficient (Wildman–Crippen LogP) is 3.36. The lowest BCUT2D eigenvalue weighted by Crippen LogP contribution is -2.06. The van der Waals surface area contributed by atoms with Crippen LogP contribution >= 0.6 is 11.6 Å². The average Bonchev–Trinajstić information content (AvgIpc) is 2.57. The summed E-state index contributed by atoms with van der Waals surface area (Å²) in [6, 6.07) is 6.71. The molecule has 17 heavy (non-hydrogen) atoms. The van der Waals surface area contributed by atoms with E-state index in [0.29, 0.717) is 33.4 Å². The highest BCUT2D eigenvalue weighted by molar-refractivity contribution is 6.36. The normalized spacial score (nSPS) is 10.5. The van der Waals surface area contributed by atoms with Gasteiger partial charge in [0.15, 0.2) is 5.78 Å². The first kappa shape index (κ1) is 11.7. The molecule has 88 valence electrons. The van der Waals surface area contributed by atoms with Crippen molar-refractivity contribution in [3.05, 3.63) is 51.9 Å². The van der Waals surface area contributed by atoms with Crippen molar-refractivity contribution in [3.63, 3.8) is 0 Å². The maximum absolute atomic E-state index is 12.3. The number of nitrogens with two attached hydrogens (primary N) is 1. The van der Waals surface area contributed by atoms with E-state index < -0.39 is 0 Å². The highest BCUT2D eigenvalue weighted by atomic mass is 35.5. The molecule has 0 amide bonds. The topological polar surface area (TPSA) is 56.2 Å².